The molecule has 0 radical (unpaired) electrons. The van der Waals surface area contributed by atoms with Gasteiger partial charge in [0, 0.05) is 0 Å². The predicted octanol–water partition coefficient (Wildman–Crippen LogP) is 5.05. The number of benzene rings is 1. The zero-order valence-corrected chi connectivity index (χ0v) is 12.2. The van der Waals surface area contributed by atoms with E-state index in [1.165, 1.54) is 16.7 Å². The van der Waals surface area contributed by atoms with Gasteiger partial charge >= 0.3 is 0 Å². The summed E-state index contributed by atoms with van der Waals surface area (Å²) in [4.78, 5) is 0. The first-order chi connectivity index (χ1) is 7.84. The van der Waals surface area contributed by atoms with E-state index in [0.29, 0.717) is 5.92 Å². The maximum atomic E-state index is 2.38. The highest BCUT2D eigenvalue weighted by molar-refractivity contribution is 5.35. The predicted molar refractivity (Wildman–Crippen MR) is 77.6 cm³/mol. The SMILES string of the molecule is C/C=C\C(C)Cc1cc(C(C)(C)C)ccc1C. The number of rotatable bonds is 3. The van der Waals surface area contributed by atoms with E-state index in [2.05, 4.69) is 71.9 Å². The van der Waals surface area contributed by atoms with Crippen LogP contribution in [0.2, 0.25) is 0 Å². The summed E-state index contributed by atoms with van der Waals surface area (Å²) < 4.78 is 0. The van der Waals surface area contributed by atoms with E-state index in [4.69, 9.17) is 0 Å². The Morgan fingerprint density at radius 1 is 1.24 bits per heavy atom. The second-order valence-electron chi connectivity index (χ2n) is 6.10. The first kappa shape index (κ1) is 14.0. The van der Waals surface area contributed by atoms with E-state index in [9.17, 15) is 0 Å². The first-order valence-electron chi connectivity index (χ1n) is 6.57. The van der Waals surface area contributed by atoms with E-state index in [1.54, 1.807) is 0 Å². The zero-order valence-electron chi connectivity index (χ0n) is 12.2. The number of hydrogen-bond donors (Lipinski definition) is 0. The van der Waals surface area contributed by atoms with Crippen LogP contribution < -0.4 is 0 Å². The molecule has 94 valence electrons. The average Bonchev–Trinajstić information content (AvgIpc) is 2.20. The van der Waals surface area contributed by atoms with Crippen molar-refractivity contribution in [1.82, 2.24) is 0 Å². The molecule has 0 saturated carbocycles. The second kappa shape index (κ2) is 5.53. The van der Waals surface area contributed by atoms with Crippen LogP contribution in [0.15, 0.2) is 30.4 Å². The molecule has 0 aromatic heterocycles. The van der Waals surface area contributed by atoms with Crippen LogP contribution in [0.5, 0.6) is 0 Å². The summed E-state index contributed by atoms with van der Waals surface area (Å²) in [6.45, 7) is 13.4. The van der Waals surface area contributed by atoms with Crippen molar-refractivity contribution in [2.75, 3.05) is 0 Å². The molecule has 1 unspecified atom stereocenters. The van der Waals surface area contributed by atoms with Crippen LogP contribution in [-0.2, 0) is 11.8 Å². The largest absolute Gasteiger partial charge is 0.0914 e. The third-order valence-electron chi connectivity index (χ3n) is 3.28. The fraction of sp³-hybridized carbons (Fsp3) is 0.529. The van der Waals surface area contributed by atoms with Gasteiger partial charge in [-0.25, -0.2) is 0 Å². The summed E-state index contributed by atoms with van der Waals surface area (Å²) in [5.74, 6) is 0.619. The summed E-state index contributed by atoms with van der Waals surface area (Å²) in [7, 11) is 0. The zero-order chi connectivity index (χ0) is 13.1. The van der Waals surface area contributed by atoms with Crippen LogP contribution in [0.1, 0.15) is 51.3 Å². The Kier molecular flexibility index (Phi) is 4.56. The molecule has 0 aliphatic carbocycles. The van der Waals surface area contributed by atoms with Crippen molar-refractivity contribution in [1.29, 1.82) is 0 Å². The molecular formula is C17H26. The Labute approximate surface area is 107 Å². The maximum Gasteiger partial charge on any atom is -0.0132 e. The molecule has 0 N–H and O–H groups in total. The molecule has 0 nitrogen and oxygen atoms in total. The van der Waals surface area contributed by atoms with Crippen molar-refractivity contribution in [2.45, 2.75) is 53.4 Å². The third-order valence-corrected chi connectivity index (χ3v) is 3.28. The highest BCUT2D eigenvalue weighted by Gasteiger charge is 2.15. The van der Waals surface area contributed by atoms with Crippen molar-refractivity contribution in [3.63, 3.8) is 0 Å². The van der Waals surface area contributed by atoms with E-state index < -0.39 is 0 Å². The molecule has 0 fully saturated rings. The molecular weight excluding hydrogens is 204 g/mol. The normalized spacial score (nSPS) is 14.2. The fourth-order valence-corrected chi connectivity index (χ4v) is 2.10. The molecule has 1 rings (SSSR count). The Bertz CT molecular complexity index is 391. The van der Waals surface area contributed by atoms with Crippen molar-refractivity contribution >= 4 is 0 Å². The van der Waals surface area contributed by atoms with Crippen molar-refractivity contribution in [3.8, 4) is 0 Å². The topological polar surface area (TPSA) is 0 Å². The van der Waals surface area contributed by atoms with Gasteiger partial charge in [-0.05, 0) is 48.3 Å². The summed E-state index contributed by atoms with van der Waals surface area (Å²) in [6.07, 6.45) is 5.57. The van der Waals surface area contributed by atoms with Crippen LogP contribution in [0, 0.1) is 12.8 Å². The smallest absolute Gasteiger partial charge is 0.0132 e. The van der Waals surface area contributed by atoms with Gasteiger partial charge in [0.2, 0.25) is 0 Å². The molecule has 0 heteroatoms. The van der Waals surface area contributed by atoms with Crippen LogP contribution >= 0.6 is 0 Å². The molecule has 0 amide bonds. The number of aryl methyl sites for hydroxylation is 1. The Hall–Kier alpha value is -1.04. The molecule has 1 aromatic rings. The molecule has 0 aliphatic heterocycles. The van der Waals surface area contributed by atoms with Crippen molar-refractivity contribution in [3.05, 3.63) is 47.0 Å². The van der Waals surface area contributed by atoms with Crippen molar-refractivity contribution < 1.29 is 0 Å². The average molecular weight is 230 g/mol. The fourth-order valence-electron chi connectivity index (χ4n) is 2.10. The monoisotopic (exact) mass is 230 g/mol. The van der Waals surface area contributed by atoms with Gasteiger partial charge in [0.1, 0.15) is 0 Å². The molecule has 0 saturated heterocycles. The molecule has 0 aliphatic rings. The Balaban J connectivity index is 2.99. The highest BCUT2D eigenvalue weighted by Crippen LogP contribution is 2.25. The minimum atomic E-state index is 0.242. The maximum absolute atomic E-state index is 2.38. The highest BCUT2D eigenvalue weighted by atomic mass is 14.2. The molecule has 0 heterocycles. The number of hydrogen-bond acceptors (Lipinski definition) is 0. The lowest BCUT2D eigenvalue weighted by atomic mass is 9.84. The summed E-state index contributed by atoms with van der Waals surface area (Å²) in [6, 6.07) is 6.91. The van der Waals surface area contributed by atoms with Gasteiger partial charge in [0.05, 0.1) is 0 Å². The molecule has 1 aromatic carbocycles. The van der Waals surface area contributed by atoms with Gasteiger partial charge in [0.25, 0.3) is 0 Å². The lowest BCUT2D eigenvalue weighted by Gasteiger charge is -2.21. The number of allylic oxidation sites excluding steroid dienone is 2. The molecule has 17 heavy (non-hydrogen) atoms. The van der Waals surface area contributed by atoms with E-state index in [-0.39, 0.29) is 5.41 Å². The van der Waals surface area contributed by atoms with Crippen LogP contribution in [-0.4, -0.2) is 0 Å². The van der Waals surface area contributed by atoms with Crippen LogP contribution in [0.4, 0.5) is 0 Å². The van der Waals surface area contributed by atoms with Crippen LogP contribution in [0.3, 0.4) is 0 Å². The van der Waals surface area contributed by atoms with E-state index in [0.717, 1.165) is 6.42 Å². The van der Waals surface area contributed by atoms with Gasteiger partial charge in [-0.15, -0.1) is 0 Å². The molecule has 0 spiro atoms. The first-order valence-corrected chi connectivity index (χ1v) is 6.57. The van der Waals surface area contributed by atoms with Crippen LogP contribution in [0.25, 0.3) is 0 Å². The lowest BCUT2D eigenvalue weighted by molar-refractivity contribution is 0.587. The van der Waals surface area contributed by atoms with Gasteiger partial charge < -0.3 is 0 Å². The quantitative estimate of drug-likeness (QED) is 0.638. The lowest BCUT2D eigenvalue weighted by Crippen LogP contribution is -2.12. The van der Waals surface area contributed by atoms with E-state index >= 15 is 0 Å². The summed E-state index contributed by atoms with van der Waals surface area (Å²) in [5.41, 5.74) is 4.58. The van der Waals surface area contributed by atoms with Gasteiger partial charge in [0.15, 0.2) is 0 Å². The van der Waals surface area contributed by atoms with Gasteiger partial charge in [-0.1, -0.05) is 58.0 Å². The standard InChI is InChI=1S/C17H26/c1-7-8-13(2)11-15-12-16(17(4,5)6)10-9-14(15)3/h7-10,12-13H,11H2,1-6H3/b8-7-. The minimum Gasteiger partial charge on any atom is -0.0914 e. The summed E-state index contributed by atoms with van der Waals surface area (Å²) >= 11 is 0. The third kappa shape index (κ3) is 4.03. The molecule has 0 bridgehead atoms. The van der Waals surface area contributed by atoms with Gasteiger partial charge in [-0.2, -0.15) is 0 Å². The Morgan fingerprint density at radius 2 is 1.88 bits per heavy atom. The minimum absolute atomic E-state index is 0.242. The summed E-state index contributed by atoms with van der Waals surface area (Å²) in [5, 5.41) is 0. The van der Waals surface area contributed by atoms with Crippen molar-refractivity contribution in [2.24, 2.45) is 5.92 Å². The Morgan fingerprint density at radius 3 is 2.41 bits per heavy atom. The second-order valence-corrected chi connectivity index (χ2v) is 6.10. The molecule has 1 atom stereocenters. The van der Waals surface area contributed by atoms with E-state index in [1.807, 2.05) is 0 Å². The van der Waals surface area contributed by atoms with Gasteiger partial charge in [-0.3, -0.25) is 0 Å².